The largest absolute Gasteiger partial charge is 0.497 e. The second-order valence-corrected chi connectivity index (χ2v) is 9.93. The van der Waals surface area contributed by atoms with E-state index in [2.05, 4.69) is 51.4 Å². The second-order valence-electron chi connectivity index (χ2n) is 9.93. The summed E-state index contributed by atoms with van der Waals surface area (Å²) in [6.07, 6.45) is 3.94. The number of methoxy groups -OCH3 is 1. The Labute approximate surface area is 222 Å². The standard InChI is InChI=1S/C29H36N6O3/c1-4-20-10-13-26-22(15-20)16-23(29(36)30-26)18-34(19-25-7-6-14-38-25)27(5-2)28-31-32-33-35(28)17-21-8-11-24(37-3)12-9-21/h8-13,15-16,25,27H,4-7,14,17-19H2,1-3H3,(H,30,36). The van der Waals surface area contributed by atoms with Gasteiger partial charge in [0, 0.05) is 30.8 Å². The number of pyridine rings is 1. The van der Waals surface area contributed by atoms with Crippen LogP contribution in [-0.2, 0) is 24.2 Å². The third kappa shape index (κ3) is 5.79. The lowest BCUT2D eigenvalue weighted by Crippen LogP contribution is -2.37. The number of ether oxygens (including phenoxy) is 2. The highest BCUT2D eigenvalue weighted by Crippen LogP contribution is 2.27. The predicted octanol–water partition coefficient (Wildman–Crippen LogP) is 4.27. The van der Waals surface area contributed by atoms with Gasteiger partial charge in [-0.1, -0.05) is 32.0 Å². The molecule has 1 aliphatic heterocycles. The molecule has 1 fully saturated rings. The Bertz CT molecular complexity index is 1410. The Morgan fingerprint density at radius 1 is 1.16 bits per heavy atom. The first kappa shape index (κ1) is 26.1. The second kappa shape index (κ2) is 11.9. The summed E-state index contributed by atoms with van der Waals surface area (Å²) in [6.45, 7) is 6.79. The molecule has 38 heavy (non-hydrogen) atoms. The van der Waals surface area contributed by atoms with Gasteiger partial charge in [0.2, 0.25) is 0 Å². The minimum atomic E-state index is -0.0791. The van der Waals surface area contributed by atoms with E-state index in [9.17, 15) is 4.79 Å². The zero-order valence-corrected chi connectivity index (χ0v) is 22.4. The van der Waals surface area contributed by atoms with Crippen molar-refractivity contribution in [3.63, 3.8) is 0 Å². The summed E-state index contributed by atoms with van der Waals surface area (Å²) in [4.78, 5) is 18.5. The molecule has 2 atom stereocenters. The Kier molecular flexibility index (Phi) is 8.14. The van der Waals surface area contributed by atoms with Gasteiger partial charge >= 0.3 is 0 Å². The molecule has 1 aliphatic rings. The van der Waals surface area contributed by atoms with Crippen molar-refractivity contribution >= 4 is 10.9 Å². The number of hydrogen-bond acceptors (Lipinski definition) is 7. The van der Waals surface area contributed by atoms with Gasteiger partial charge < -0.3 is 14.5 Å². The average molecular weight is 517 g/mol. The number of fused-ring (bicyclic) bond motifs is 1. The van der Waals surface area contributed by atoms with E-state index in [-0.39, 0.29) is 17.7 Å². The highest BCUT2D eigenvalue weighted by molar-refractivity contribution is 5.79. The van der Waals surface area contributed by atoms with Crippen LogP contribution in [0.25, 0.3) is 10.9 Å². The Morgan fingerprint density at radius 3 is 2.68 bits per heavy atom. The lowest BCUT2D eigenvalue weighted by molar-refractivity contribution is 0.0489. The summed E-state index contributed by atoms with van der Waals surface area (Å²) in [7, 11) is 1.66. The van der Waals surface area contributed by atoms with E-state index in [4.69, 9.17) is 9.47 Å². The van der Waals surface area contributed by atoms with E-state index in [1.165, 1.54) is 5.56 Å². The van der Waals surface area contributed by atoms with Crippen molar-refractivity contribution in [2.24, 2.45) is 0 Å². The van der Waals surface area contributed by atoms with E-state index in [0.29, 0.717) is 19.6 Å². The topological polar surface area (TPSA) is 98.2 Å². The van der Waals surface area contributed by atoms with Crippen LogP contribution in [0.15, 0.2) is 53.3 Å². The molecular weight excluding hydrogens is 480 g/mol. The third-order valence-electron chi connectivity index (χ3n) is 7.41. The van der Waals surface area contributed by atoms with Crippen LogP contribution >= 0.6 is 0 Å². The van der Waals surface area contributed by atoms with E-state index >= 15 is 0 Å². The first-order valence-corrected chi connectivity index (χ1v) is 13.5. The number of hydrogen-bond donors (Lipinski definition) is 1. The van der Waals surface area contributed by atoms with Gasteiger partial charge in [-0.2, -0.15) is 0 Å². The summed E-state index contributed by atoms with van der Waals surface area (Å²) in [5.74, 6) is 1.60. The summed E-state index contributed by atoms with van der Waals surface area (Å²) in [5.41, 5.74) is 3.86. The zero-order valence-electron chi connectivity index (χ0n) is 22.4. The number of aryl methyl sites for hydroxylation is 1. The predicted molar refractivity (Wildman–Crippen MR) is 146 cm³/mol. The van der Waals surface area contributed by atoms with E-state index in [0.717, 1.165) is 65.9 Å². The van der Waals surface area contributed by atoms with Gasteiger partial charge in [-0.25, -0.2) is 4.68 Å². The fourth-order valence-electron chi connectivity index (χ4n) is 5.28. The first-order chi connectivity index (χ1) is 18.6. The molecule has 4 aromatic rings. The van der Waals surface area contributed by atoms with Crippen molar-refractivity contribution < 1.29 is 9.47 Å². The van der Waals surface area contributed by atoms with Gasteiger partial charge in [0.25, 0.3) is 5.56 Å². The molecule has 3 heterocycles. The Hall–Kier alpha value is -3.56. The molecule has 0 saturated carbocycles. The Morgan fingerprint density at radius 2 is 1.97 bits per heavy atom. The number of aromatic nitrogens is 5. The number of nitrogens with zero attached hydrogens (tertiary/aromatic N) is 5. The van der Waals surface area contributed by atoms with Crippen molar-refractivity contribution in [3.8, 4) is 5.75 Å². The van der Waals surface area contributed by atoms with Crippen molar-refractivity contribution in [2.45, 2.75) is 64.8 Å². The van der Waals surface area contributed by atoms with Crippen molar-refractivity contribution in [2.75, 3.05) is 20.3 Å². The van der Waals surface area contributed by atoms with Crippen LogP contribution in [0.5, 0.6) is 5.75 Å². The lowest BCUT2D eigenvalue weighted by Gasteiger charge is -2.32. The molecule has 0 spiro atoms. The number of rotatable bonds is 11. The van der Waals surface area contributed by atoms with Crippen LogP contribution in [0.2, 0.25) is 0 Å². The van der Waals surface area contributed by atoms with Gasteiger partial charge in [-0.15, -0.1) is 5.10 Å². The van der Waals surface area contributed by atoms with Crippen LogP contribution in [0.3, 0.4) is 0 Å². The van der Waals surface area contributed by atoms with Crippen LogP contribution in [0.1, 0.15) is 61.7 Å². The summed E-state index contributed by atoms with van der Waals surface area (Å²) < 4.78 is 13.2. The van der Waals surface area contributed by atoms with Gasteiger partial charge in [0.15, 0.2) is 5.82 Å². The van der Waals surface area contributed by atoms with Gasteiger partial charge in [0.05, 0.1) is 25.8 Å². The smallest absolute Gasteiger partial charge is 0.252 e. The molecule has 200 valence electrons. The summed E-state index contributed by atoms with van der Waals surface area (Å²) in [6, 6.07) is 16.1. The maximum Gasteiger partial charge on any atom is 0.252 e. The normalized spacial score (nSPS) is 16.4. The molecular formula is C29H36N6O3. The van der Waals surface area contributed by atoms with Gasteiger partial charge in [-0.3, -0.25) is 9.69 Å². The highest BCUT2D eigenvalue weighted by atomic mass is 16.5. The molecule has 2 aromatic heterocycles. The lowest BCUT2D eigenvalue weighted by atomic mass is 10.1. The molecule has 0 bridgehead atoms. The fourth-order valence-corrected chi connectivity index (χ4v) is 5.28. The van der Waals surface area contributed by atoms with Crippen molar-refractivity contribution in [3.05, 3.63) is 81.4 Å². The molecule has 9 nitrogen and oxygen atoms in total. The highest BCUT2D eigenvalue weighted by Gasteiger charge is 2.29. The minimum absolute atomic E-state index is 0.0632. The molecule has 2 unspecified atom stereocenters. The van der Waals surface area contributed by atoms with E-state index in [1.807, 2.05) is 41.1 Å². The Balaban J connectivity index is 1.46. The summed E-state index contributed by atoms with van der Waals surface area (Å²) >= 11 is 0. The number of aromatic amines is 1. The number of tetrazole rings is 1. The van der Waals surface area contributed by atoms with E-state index in [1.54, 1.807) is 7.11 Å². The van der Waals surface area contributed by atoms with Gasteiger partial charge in [0.1, 0.15) is 5.75 Å². The summed E-state index contributed by atoms with van der Waals surface area (Å²) in [5, 5.41) is 13.9. The number of nitrogens with one attached hydrogen (secondary N) is 1. The number of benzene rings is 2. The van der Waals surface area contributed by atoms with Crippen molar-refractivity contribution in [1.82, 2.24) is 30.1 Å². The monoisotopic (exact) mass is 516 g/mol. The van der Waals surface area contributed by atoms with Crippen LogP contribution in [0.4, 0.5) is 0 Å². The quantitative estimate of drug-likeness (QED) is 0.318. The van der Waals surface area contributed by atoms with Crippen LogP contribution in [-0.4, -0.2) is 56.5 Å². The maximum absolute atomic E-state index is 13.1. The van der Waals surface area contributed by atoms with Gasteiger partial charge in [-0.05, 0) is 83.0 Å². The molecule has 1 N–H and O–H groups in total. The molecule has 9 heteroatoms. The SMILES string of the molecule is CCc1ccc2[nH]c(=O)c(CN(CC3CCCO3)C(CC)c3nnnn3Cc3ccc(OC)cc3)cc2c1. The van der Waals surface area contributed by atoms with Crippen LogP contribution in [0, 0.1) is 0 Å². The molecule has 5 rings (SSSR count). The van der Waals surface area contributed by atoms with E-state index < -0.39 is 0 Å². The molecule has 0 aliphatic carbocycles. The molecule has 1 saturated heterocycles. The first-order valence-electron chi connectivity index (χ1n) is 13.5. The van der Waals surface area contributed by atoms with Crippen molar-refractivity contribution in [1.29, 1.82) is 0 Å². The zero-order chi connectivity index (χ0) is 26.5. The number of H-pyrrole nitrogens is 1. The third-order valence-corrected chi connectivity index (χ3v) is 7.41. The molecule has 0 amide bonds. The van der Waals surface area contributed by atoms with Crippen LogP contribution < -0.4 is 10.3 Å². The maximum atomic E-state index is 13.1. The average Bonchev–Trinajstić information content (AvgIpc) is 3.62. The fraction of sp³-hybridized carbons (Fsp3) is 0.448. The molecule has 0 radical (unpaired) electrons. The molecule has 2 aromatic carbocycles. The minimum Gasteiger partial charge on any atom is -0.497 e.